The van der Waals surface area contributed by atoms with Gasteiger partial charge in [-0.25, -0.2) is 0 Å². The number of hydrogen-bond acceptors (Lipinski definition) is 4. The van der Waals surface area contributed by atoms with Gasteiger partial charge in [-0.3, -0.25) is 14.5 Å². The van der Waals surface area contributed by atoms with Gasteiger partial charge in [0.1, 0.15) is 5.75 Å². The zero-order valence-corrected chi connectivity index (χ0v) is 17.3. The monoisotopic (exact) mass is 415 g/mol. The van der Waals surface area contributed by atoms with Gasteiger partial charge >= 0.3 is 0 Å². The Kier molecular flexibility index (Phi) is 7.49. The summed E-state index contributed by atoms with van der Waals surface area (Å²) in [5.41, 5.74) is 1.26. The summed E-state index contributed by atoms with van der Waals surface area (Å²) in [6, 6.07) is 14.4. The van der Waals surface area contributed by atoms with Crippen LogP contribution in [-0.4, -0.2) is 60.9 Å². The quantitative estimate of drug-likeness (QED) is 0.751. The van der Waals surface area contributed by atoms with Crippen molar-refractivity contribution in [2.45, 2.75) is 13.3 Å². The number of anilines is 1. The predicted octanol–water partition coefficient (Wildman–Crippen LogP) is 3.53. The maximum Gasteiger partial charge on any atom is 0.253 e. The molecule has 29 heavy (non-hydrogen) atoms. The molecule has 1 fully saturated rings. The van der Waals surface area contributed by atoms with Gasteiger partial charge in [-0.1, -0.05) is 30.7 Å². The lowest BCUT2D eigenvalue weighted by Gasteiger charge is -2.34. The van der Waals surface area contributed by atoms with Gasteiger partial charge in [0.25, 0.3) is 5.91 Å². The fourth-order valence-corrected chi connectivity index (χ4v) is 3.34. The maximum absolute atomic E-state index is 12.7. The minimum absolute atomic E-state index is 0.00668. The number of carbonyl (C=O) groups excluding carboxylic acids is 2. The number of amides is 2. The summed E-state index contributed by atoms with van der Waals surface area (Å²) in [6.45, 7) is 5.48. The normalized spacial score (nSPS) is 14.5. The van der Waals surface area contributed by atoms with E-state index in [-0.39, 0.29) is 18.4 Å². The van der Waals surface area contributed by atoms with Crippen molar-refractivity contribution in [1.82, 2.24) is 9.80 Å². The first-order chi connectivity index (χ1) is 14.1. The maximum atomic E-state index is 12.7. The molecule has 6 nitrogen and oxygen atoms in total. The first-order valence-electron chi connectivity index (χ1n) is 9.85. The van der Waals surface area contributed by atoms with E-state index < -0.39 is 0 Å². The molecule has 0 atom stereocenters. The first-order valence-corrected chi connectivity index (χ1v) is 10.2. The summed E-state index contributed by atoms with van der Waals surface area (Å²) in [6.07, 6.45) is 0.946. The Morgan fingerprint density at radius 2 is 1.72 bits per heavy atom. The van der Waals surface area contributed by atoms with Crippen LogP contribution in [0.1, 0.15) is 23.7 Å². The number of piperazine rings is 1. The fourth-order valence-electron chi connectivity index (χ4n) is 3.16. The number of ether oxygens (including phenoxy) is 1. The first kappa shape index (κ1) is 21.1. The Balaban J connectivity index is 1.46. The molecular formula is C22H26ClN3O3. The van der Waals surface area contributed by atoms with Gasteiger partial charge in [0.05, 0.1) is 23.9 Å². The lowest BCUT2D eigenvalue weighted by atomic mass is 10.1. The third-order valence-electron chi connectivity index (χ3n) is 4.75. The van der Waals surface area contributed by atoms with Crippen LogP contribution in [0.15, 0.2) is 48.5 Å². The highest BCUT2D eigenvalue weighted by Crippen LogP contribution is 2.20. The molecule has 1 aliphatic heterocycles. The van der Waals surface area contributed by atoms with Gasteiger partial charge in [0, 0.05) is 31.7 Å². The summed E-state index contributed by atoms with van der Waals surface area (Å²) in [5, 5.41) is 3.35. The van der Waals surface area contributed by atoms with Crippen molar-refractivity contribution in [2.75, 3.05) is 44.6 Å². The SMILES string of the molecule is CCCOc1ccc(C(=O)N2CCN(CC(=O)Nc3ccccc3Cl)CC2)cc1. The van der Waals surface area contributed by atoms with Crippen LogP contribution in [0.4, 0.5) is 5.69 Å². The molecule has 0 bridgehead atoms. The number of para-hydroxylation sites is 1. The number of benzene rings is 2. The lowest BCUT2D eigenvalue weighted by molar-refractivity contribution is -0.117. The van der Waals surface area contributed by atoms with Crippen LogP contribution in [0, 0.1) is 0 Å². The van der Waals surface area contributed by atoms with Crippen LogP contribution < -0.4 is 10.1 Å². The van der Waals surface area contributed by atoms with E-state index in [2.05, 4.69) is 12.2 Å². The average Bonchev–Trinajstić information content (AvgIpc) is 2.74. The van der Waals surface area contributed by atoms with Crippen molar-refractivity contribution >= 4 is 29.1 Å². The molecule has 1 saturated heterocycles. The van der Waals surface area contributed by atoms with Crippen molar-refractivity contribution in [3.05, 3.63) is 59.1 Å². The van der Waals surface area contributed by atoms with Crippen LogP contribution in [0.5, 0.6) is 5.75 Å². The number of nitrogens with zero attached hydrogens (tertiary/aromatic N) is 2. The second-order valence-corrected chi connectivity index (χ2v) is 7.38. The summed E-state index contributed by atoms with van der Waals surface area (Å²) >= 11 is 6.08. The molecule has 2 aromatic rings. The van der Waals surface area contributed by atoms with E-state index in [9.17, 15) is 9.59 Å². The molecule has 0 spiro atoms. The minimum Gasteiger partial charge on any atom is -0.494 e. The molecule has 0 aromatic heterocycles. The Bertz CT molecular complexity index is 833. The van der Waals surface area contributed by atoms with Gasteiger partial charge in [-0.15, -0.1) is 0 Å². The summed E-state index contributed by atoms with van der Waals surface area (Å²) in [7, 11) is 0. The molecule has 7 heteroatoms. The van der Waals surface area contributed by atoms with E-state index in [1.54, 1.807) is 24.3 Å². The molecule has 1 aliphatic rings. The molecular weight excluding hydrogens is 390 g/mol. The minimum atomic E-state index is -0.111. The fraction of sp³-hybridized carbons (Fsp3) is 0.364. The number of nitrogens with one attached hydrogen (secondary N) is 1. The zero-order chi connectivity index (χ0) is 20.6. The Morgan fingerprint density at radius 3 is 2.38 bits per heavy atom. The van der Waals surface area contributed by atoms with Crippen molar-refractivity contribution in [1.29, 1.82) is 0 Å². The Hall–Kier alpha value is -2.57. The van der Waals surface area contributed by atoms with Crippen molar-refractivity contribution < 1.29 is 14.3 Å². The largest absolute Gasteiger partial charge is 0.494 e. The summed E-state index contributed by atoms with van der Waals surface area (Å²) in [4.78, 5) is 28.8. The average molecular weight is 416 g/mol. The molecule has 1 N–H and O–H groups in total. The summed E-state index contributed by atoms with van der Waals surface area (Å²) in [5.74, 6) is 0.672. The van der Waals surface area contributed by atoms with Gasteiger partial charge in [-0.05, 0) is 42.8 Å². The van der Waals surface area contributed by atoms with Crippen LogP contribution in [0.3, 0.4) is 0 Å². The number of halogens is 1. The zero-order valence-electron chi connectivity index (χ0n) is 16.6. The standard InChI is InChI=1S/C22H26ClN3O3/c1-2-15-29-18-9-7-17(8-10-18)22(28)26-13-11-25(12-14-26)16-21(27)24-20-6-4-3-5-19(20)23/h3-10H,2,11-16H2,1H3,(H,24,27). The molecule has 1 heterocycles. The van der Waals surface area contributed by atoms with Crippen LogP contribution >= 0.6 is 11.6 Å². The summed E-state index contributed by atoms with van der Waals surface area (Å²) < 4.78 is 5.56. The van der Waals surface area contributed by atoms with Gasteiger partial charge < -0.3 is 15.0 Å². The highest BCUT2D eigenvalue weighted by atomic mass is 35.5. The predicted molar refractivity (Wildman–Crippen MR) is 115 cm³/mol. The molecule has 3 rings (SSSR count). The topological polar surface area (TPSA) is 61.9 Å². The van der Waals surface area contributed by atoms with Crippen molar-refractivity contribution in [3.8, 4) is 5.75 Å². The third-order valence-corrected chi connectivity index (χ3v) is 5.08. The van der Waals surface area contributed by atoms with Gasteiger partial charge in [0.2, 0.25) is 5.91 Å². The van der Waals surface area contributed by atoms with Crippen molar-refractivity contribution in [2.24, 2.45) is 0 Å². The van der Waals surface area contributed by atoms with E-state index in [1.807, 2.05) is 34.1 Å². The van der Waals surface area contributed by atoms with Crippen LogP contribution in [-0.2, 0) is 4.79 Å². The Morgan fingerprint density at radius 1 is 1.03 bits per heavy atom. The second-order valence-electron chi connectivity index (χ2n) is 6.97. The molecule has 154 valence electrons. The molecule has 2 aromatic carbocycles. The van der Waals surface area contributed by atoms with Gasteiger partial charge in [-0.2, -0.15) is 0 Å². The molecule has 2 amide bonds. The third kappa shape index (κ3) is 5.95. The van der Waals surface area contributed by atoms with Crippen molar-refractivity contribution in [3.63, 3.8) is 0 Å². The smallest absolute Gasteiger partial charge is 0.253 e. The highest BCUT2D eigenvalue weighted by molar-refractivity contribution is 6.33. The molecule has 0 radical (unpaired) electrons. The van der Waals surface area contributed by atoms with E-state index in [0.717, 1.165) is 12.2 Å². The molecule has 0 saturated carbocycles. The lowest BCUT2D eigenvalue weighted by Crippen LogP contribution is -2.50. The number of carbonyl (C=O) groups is 2. The van der Waals surface area contributed by atoms with Crippen LogP contribution in [0.2, 0.25) is 5.02 Å². The molecule has 0 unspecified atom stereocenters. The van der Waals surface area contributed by atoms with Crippen LogP contribution in [0.25, 0.3) is 0 Å². The van der Waals surface area contributed by atoms with E-state index in [1.165, 1.54) is 0 Å². The Labute approximate surface area is 176 Å². The highest BCUT2D eigenvalue weighted by Gasteiger charge is 2.23. The second kappa shape index (κ2) is 10.3. The number of hydrogen-bond donors (Lipinski definition) is 1. The van der Waals surface area contributed by atoms with Gasteiger partial charge in [0.15, 0.2) is 0 Å². The van der Waals surface area contributed by atoms with E-state index in [4.69, 9.17) is 16.3 Å². The van der Waals surface area contributed by atoms with E-state index in [0.29, 0.717) is 49.1 Å². The number of rotatable bonds is 7. The van der Waals surface area contributed by atoms with E-state index >= 15 is 0 Å². The molecule has 0 aliphatic carbocycles.